The van der Waals surface area contributed by atoms with Gasteiger partial charge in [-0.1, -0.05) is 0 Å². The van der Waals surface area contributed by atoms with Crippen LogP contribution in [0.5, 0.6) is 0 Å². The molecule has 0 radical (unpaired) electrons. The number of aromatic nitrogens is 2. The third kappa shape index (κ3) is 2.28. The molecule has 1 saturated heterocycles. The minimum atomic E-state index is 0.764. The van der Waals surface area contributed by atoms with E-state index in [0.29, 0.717) is 0 Å². The molecule has 0 bridgehead atoms. The predicted molar refractivity (Wildman–Crippen MR) is 63.5 cm³/mol. The summed E-state index contributed by atoms with van der Waals surface area (Å²) in [6.07, 6.45) is 7.88. The lowest BCUT2D eigenvalue weighted by atomic mass is 10.2. The second-order valence-electron chi connectivity index (χ2n) is 4.87. The summed E-state index contributed by atoms with van der Waals surface area (Å²) in [6.45, 7) is 5.85. The van der Waals surface area contributed by atoms with E-state index >= 15 is 0 Å². The lowest BCUT2D eigenvalue weighted by Gasteiger charge is -2.27. The van der Waals surface area contributed by atoms with E-state index in [1.165, 1.54) is 38.2 Å². The Bertz CT molecular complexity index is 337. The average Bonchev–Trinajstić information content (AvgIpc) is 3.07. The first-order valence-corrected chi connectivity index (χ1v) is 6.37. The molecule has 1 N–H and O–H groups in total. The standard InChI is InChI=1S/C12H20N4/c1-2-11(1)16-10-14-9-12(16)3-6-15-7-4-13-5-8-15/h9-11,13H,1-8H2. The molecule has 2 fully saturated rings. The highest BCUT2D eigenvalue weighted by molar-refractivity contribution is 5.04. The summed E-state index contributed by atoms with van der Waals surface area (Å²) >= 11 is 0. The van der Waals surface area contributed by atoms with Crippen LogP contribution in [0.3, 0.4) is 0 Å². The molecule has 4 nitrogen and oxygen atoms in total. The van der Waals surface area contributed by atoms with Crippen molar-refractivity contribution < 1.29 is 0 Å². The number of hydrogen-bond acceptors (Lipinski definition) is 3. The minimum absolute atomic E-state index is 0.764. The van der Waals surface area contributed by atoms with Gasteiger partial charge >= 0.3 is 0 Å². The van der Waals surface area contributed by atoms with Crippen molar-refractivity contribution in [3.63, 3.8) is 0 Å². The minimum Gasteiger partial charge on any atom is -0.332 e. The fourth-order valence-electron chi connectivity index (χ4n) is 2.41. The molecule has 88 valence electrons. The van der Waals surface area contributed by atoms with Gasteiger partial charge in [0.25, 0.3) is 0 Å². The number of imidazole rings is 1. The van der Waals surface area contributed by atoms with E-state index in [-0.39, 0.29) is 0 Å². The van der Waals surface area contributed by atoms with Crippen LogP contribution in [0.4, 0.5) is 0 Å². The largest absolute Gasteiger partial charge is 0.332 e. The van der Waals surface area contributed by atoms with Gasteiger partial charge < -0.3 is 14.8 Å². The van der Waals surface area contributed by atoms with Crippen LogP contribution in [0.25, 0.3) is 0 Å². The summed E-state index contributed by atoms with van der Waals surface area (Å²) < 4.78 is 2.38. The summed E-state index contributed by atoms with van der Waals surface area (Å²) in [5, 5.41) is 3.39. The van der Waals surface area contributed by atoms with Crippen molar-refractivity contribution in [2.75, 3.05) is 32.7 Å². The molecule has 0 spiro atoms. The second kappa shape index (κ2) is 4.55. The van der Waals surface area contributed by atoms with Crippen LogP contribution in [-0.2, 0) is 6.42 Å². The average molecular weight is 220 g/mol. The third-order valence-corrected chi connectivity index (χ3v) is 3.58. The van der Waals surface area contributed by atoms with Gasteiger partial charge in [0.1, 0.15) is 0 Å². The van der Waals surface area contributed by atoms with E-state index in [0.717, 1.165) is 25.6 Å². The maximum absolute atomic E-state index is 4.28. The molecule has 1 saturated carbocycles. The molecule has 1 aromatic heterocycles. The first-order chi connectivity index (χ1) is 7.93. The highest BCUT2D eigenvalue weighted by Gasteiger charge is 2.25. The van der Waals surface area contributed by atoms with E-state index in [1.807, 2.05) is 12.5 Å². The van der Waals surface area contributed by atoms with Crippen molar-refractivity contribution >= 4 is 0 Å². The van der Waals surface area contributed by atoms with E-state index in [4.69, 9.17) is 0 Å². The summed E-state index contributed by atoms with van der Waals surface area (Å²) in [4.78, 5) is 6.82. The van der Waals surface area contributed by atoms with Gasteiger partial charge in [-0.15, -0.1) is 0 Å². The Balaban J connectivity index is 1.54. The van der Waals surface area contributed by atoms with Gasteiger partial charge in [-0.05, 0) is 12.8 Å². The number of nitrogens with zero attached hydrogens (tertiary/aromatic N) is 3. The van der Waals surface area contributed by atoms with Crippen LogP contribution in [0.15, 0.2) is 12.5 Å². The second-order valence-corrected chi connectivity index (χ2v) is 4.87. The molecule has 16 heavy (non-hydrogen) atoms. The zero-order valence-corrected chi connectivity index (χ0v) is 9.73. The SMILES string of the molecule is c1ncn(C2CC2)c1CCN1CCNCC1. The van der Waals surface area contributed by atoms with Crippen molar-refractivity contribution in [3.8, 4) is 0 Å². The normalized spacial score (nSPS) is 22.5. The molecule has 0 atom stereocenters. The van der Waals surface area contributed by atoms with Gasteiger partial charge in [-0.3, -0.25) is 0 Å². The molecule has 3 rings (SSSR count). The van der Waals surface area contributed by atoms with Crippen LogP contribution in [0.1, 0.15) is 24.6 Å². The molecule has 0 amide bonds. The topological polar surface area (TPSA) is 33.1 Å². The Morgan fingerprint density at radius 3 is 2.88 bits per heavy atom. The molecule has 2 aliphatic rings. The molecule has 2 heterocycles. The van der Waals surface area contributed by atoms with Gasteiger partial charge in [0.15, 0.2) is 0 Å². The Morgan fingerprint density at radius 1 is 1.31 bits per heavy atom. The van der Waals surface area contributed by atoms with Crippen molar-refractivity contribution in [2.24, 2.45) is 0 Å². The number of piperazine rings is 1. The quantitative estimate of drug-likeness (QED) is 0.809. The molecule has 1 aliphatic carbocycles. The Kier molecular flexibility index (Phi) is 2.93. The van der Waals surface area contributed by atoms with Crippen LogP contribution < -0.4 is 5.32 Å². The molecule has 1 aliphatic heterocycles. The maximum Gasteiger partial charge on any atom is 0.0950 e. The van der Waals surface area contributed by atoms with Gasteiger partial charge in [0.2, 0.25) is 0 Å². The van der Waals surface area contributed by atoms with Crippen molar-refractivity contribution in [3.05, 3.63) is 18.2 Å². The molecule has 4 heteroatoms. The Hall–Kier alpha value is -0.870. The highest BCUT2D eigenvalue weighted by atomic mass is 15.2. The first-order valence-electron chi connectivity index (χ1n) is 6.37. The van der Waals surface area contributed by atoms with E-state index in [9.17, 15) is 0 Å². The van der Waals surface area contributed by atoms with Crippen LogP contribution >= 0.6 is 0 Å². The highest BCUT2D eigenvalue weighted by Crippen LogP contribution is 2.35. The van der Waals surface area contributed by atoms with E-state index in [2.05, 4.69) is 19.8 Å². The fourth-order valence-corrected chi connectivity index (χ4v) is 2.41. The van der Waals surface area contributed by atoms with E-state index in [1.54, 1.807) is 0 Å². The van der Waals surface area contributed by atoms with Gasteiger partial charge in [-0.25, -0.2) is 4.98 Å². The van der Waals surface area contributed by atoms with Crippen LogP contribution in [0, 0.1) is 0 Å². The number of rotatable bonds is 4. The monoisotopic (exact) mass is 220 g/mol. The lowest BCUT2D eigenvalue weighted by Crippen LogP contribution is -2.44. The van der Waals surface area contributed by atoms with Crippen LogP contribution in [-0.4, -0.2) is 47.2 Å². The van der Waals surface area contributed by atoms with Gasteiger partial charge in [-0.2, -0.15) is 0 Å². The summed E-state index contributed by atoms with van der Waals surface area (Å²) in [5.74, 6) is 0. The molecule has 1 aromatic rings. The molecular formula is C12H20N4. The number of hydrogen-bond donors (Lipinski definition) is 1. The smallest absolute Gasteiger partial charge is 0.0950 e. The van der Waals surface area contributed by atoms with Crippen molar-refractivity contribution in [1.82, 2.24) is 19.8 Å². The van der Waals surface area contributed by atoms with Gasteiger partial charge in [0.05, 0.1) is 6.33 Å². The Labute approximate surface area is 96.7 Å². The van der Waals surface area contributed by atoms with E-state index < -0.39 is 0 Å². The fraction of sp³-hybridized carbons (Fsp3) is 0.750. The first kappa shape index (κ1) is 10.3. The van der Waals surface area contributed by atoms with Crippen molar-refractivity contribution in [1.29, 1.82) is 0 Å². The third-order valence-electron chi connectivity index (χ3n) is 3.58. The molecule has 0 unspecified atom stereocenters. The molecule has 0 aromatic carbocycles. The Morgan fingerprint density at radius 2 is 2.12 bits per heavy atom. The molecular weight excluding hydrogens is 200 g/mol. The van der Waals surface area contributed by atoms with Crippen molar-refractivity contribution in [2.45, 2.75) is 25.3 Å². The van der Waals surface area contributed by atoms with Crippen LogP contribution in [0.2, 0.25) is 0 Å². The number of nitrogens with one attached hydrogen (secondary N) is 1. The zero-order valence-electron chi connectivity index (χ0n) is 9.73. The summed E-state index contributed by atoms with van der Waals surface area (Å²) in [7, 11) is 0. The summed E-state index contributed by atoms with van der Waals surface area (Å²) in [5.41, 5.74) is 1.42. The predicted octanol–water partition coefficient (Wildman–Crippen LogP) is 0.666. The maximum atomic E-state index is 4.28. The summed E-state index contributed by atoms with van der Waals surface area (Å²) in [6, 6.07) is 0.764. The zero-order chi connectivity index (χ0) is 10.8. The lowest BCUT2D eigenvalue weighted by molar-refractivity contribution is 0.242. The van der Waals surface area contributed by atoms with Gasteiger partial charge in [0, 0.05) is 57.1 Å².